The second-order valence-corrected chi connectivity index (χ2v) is 9.45. The highest BCUT2D eigenvalue weighted by molar-refractivity contribution is 7.88. The lowest BCUT2D eigenvalue weighted by atomic mass is 10.0. The highest BCUT2D eigenvalue weighted by Crippen LogP contribution is 2.19. The van der Waals surface area contributed by atoms with Gasteiger partial charge in [-0.15, -0.1) is 11.6 Å². The van der Waals surface area contributed by atoms with Crippen molar-refractivity contribution < 1.29 is 13.2 Å². The number of alkyl halides is 1. The van der Waals surface area contributed by atoms with Crippen LogP contribution in [0.1, 0.15) is 18.5 Å². The van der Waals surface area contributed by atoms with Crippen LogP contribution < -0.4 is 4.90 Å². The molecule has 10 heteroatoms. The normalized spacial score (nSPS) is 19.0. The molecule has 2 heterocycles. The molecule has 1 fully saturated rings. The Bertz CT molecular complexity index is 744. The number of carbonyl (C=O) groups is 1. The lowest BCUT2D eigenvalue weighted by Crippen LogP contribution is -2.36. The summed E-state index contributed by atoms with van der Waals surface area (Å²) >= 11 is 5.70. The fraction of sp³-hybridized carbons (Fsp3) is 0.706. The van der Waals surface area contributed by atoms with Crippen LogP contribution in [0, 0.1) is 5.92 Å². The topological polar surface area (TPSA) is 86.7 Å². The van der Waals surface area contributed by atoms with Gasteiger partial charge in [-0.25, -0.2) is 22.7 Å². The Hall–Kier alpha value is -1.45. The lowest BCUT2D eigenvalue weighted by Gasteiger charge is -2.24. The molecule has 1 saturated heterocycles. The molecule has 1 aromatic heterocycles. The molecule has 1 aliphatic rings. The van der Waals surface area contributed by atoms with Gasteiger partial charge in [-0.2, -0.15) is 0 Å². The van der Waals surface area contributed by atoms with Crippen LogP contribution in [-0.2, 0) is 21.2 Å². The maximum absolute atomic E-state index is 12.5. The quantitative estimate of drug-likeness (QED) is 0.610. The molecular formula is C17H28ClN5O3S. The first-order valence-corrected chi connectivity index (χ1v) is 11.4. The van der Waals surface area contributed by atoms with Crippen molar-refractivity contribution in [2.24, 2.45) is 5.92 Å². The van der Waals surface area contributed by atoms with Crippen LogP contribution in [0.25, 0.3) is 0 Å². The van der Waals surface area contributed by atoms with Crippen LogP contribution in [0.3, 0.4) is 0 Å². The van der Waals surface area contributed by atoms with E-state index in [4.69, 9.17) is 11.6 Å². The van der Waals surface area contributed by atoms with E-state index in [-0.39, 0.29) is 11.8 Å². The van der Waals surface area contributed by atoms with Crippen LogP contribution in [0.4, 0.5) is 5.82 Å². The summed E-state index contributed by atoms with van der Waals surface area (Å²) in [7, 11) is 0.478. The number of aromatic nitrogens is 2. The summed E-state index contributed by atoms with van der Waals surface area (Å²) in [5, 5.41) is 0. The van der Waals surface area contributed by atoms with Gasteiger partial charge in [0.05, 0.1) is 6.26 Å². The van der Waals surface area contributed by atoms with Crippen molar-refractivity contribution in [3.63, 3.8) is 0 Å². The van der Waals surface area contributed by atoms with Crippen molar-refractivity contribution in [1.82, 2.24) is 19.2 Å². The van der Waals surface area contributed by atoms with Crippen molar-refractivity contribution in [3.8, 4) is 0 Å². The van der Waals surface area contributed by atoms with E-state index < -0.39 is 10.0 Å². The Labute approximate surface area is 166 Å². The smallest absolute Gasteiger partial charge is 0.222 e. The Morgan fingerprint density at radius 3 is 2.67 bits per heavy atom. The predicted octanol–water partition coefficient (Wildman–Crippen LogP) is 0.824. The average Bonchev–Trinajstić information content (AvgIpc) is 2.82. The summed E-state index contributed by atoms with van der Waals surface area (Å²) in [6.07, 6.45) is 4.31. The summed E-state index contributed by atoms with van der Waals surface area (Å²) in [6.45, 7) is 1.60. The third kappa shape index (κ3) is 6.58. The number of sulfonamides is 1. The SMILES string of the molecule is CN(C)c1cc(CC2CN(C(=O)CCCCl)CCN(S(C)(=O)=O)C2)ncn1. The van der Waals surface area contributed by atoms with Gasteiger partial charge in [0.2, 0.25) is 15.9 Å². The number of anilines is 1. The molecule has 0 aliphatic carbocycles. The predicted molar refractivity (Wildman–Crippen MR) is 107 cm³/mol. The first kappa shape index (κ1) is 21.8. The van der Waals surface area contributed by atoms with E-state index in [9.17, 15) is 13.2 Å². The number of hydrogen-bond acceptors (Lipinski definition) is 6. The molecule has 0 spiro atoms. The lowest BCUT2D eigenvalue weighted by molar-refractivity contribution is -0.131. The molecule has 2 rings (SSSR count). The van der Waals surface area contributed by atoms with Crippen LogP contribution >= 0.6 is 11.6 Å². The number of rotatable bonds is 7. The largest absolute Gasteiger partial charge is 0.363 e. The summed E-state index contributed by atoms with van der Waals surface area (Å²) < 4.78 is 25.7. The Morgan fingerprint density at radius 1 is 1.30 bits per heavy atom. The minimum Gasteiger partial charge on any atom is -0.363 e. The van der Waals surface area contributed by atoms with Gasteiger partial charge in [-0.3, -0.25) is 4.79 Å². The number of halogens is 1. The van der Waals surface area contributed by atoms with E-state index in [0.29, 0.717) is 51.3 Å². The van der Waals surface area contributed by atoms with Crippen LogP contribution in [0.5, 0.6) is 0 Å². The number of hydrogen-bond donors (Lipinski definition) is 0. The molecule has 1 aromatic rings. The monoisotopic (exact) mass is 417 g/mol. The van der Waals surface area contributed by atoms with Gasteiger partial charge in [-0.1, -0.05) is 0 Å². The molecule has 1 unspecified atom stereocenters. The van der Waals surface area contributed by atoms with Crippen molar-refractivity contribution in [3.05, 3.63) is 18.1 Å². The third-order valence-electron chi connectivity index (χ3n) is 4.57. The van der Waals surface area contributed by atoms with Gasteiger partial charge in [0.25, 0.3) is 0 Å². The van der Waals surface area contributed by atoms with Crippen molar-refractivity contribution in [1.29, 1.82) is 0 Å². The van der Waals surface area contributed by atoms with Crippen molar-refractivity contribution in [2.45, 2.75) is 19.3 Å². The highest BCUT2D eigenvalue weighted by atomic mass is 35.5. The van der Waals surface area contributed by atoms with Gasteiger partial charge in [0.1, 0.15) is 12.1 Å². The van der Waals surface area contributed by atoms with Gasteiger partial charge >= 0.3 is 0 Å². The van der Waals surface area contributed by atoms with E-state index in [2.05, 4.69) is 9.97 Å². The maximum Gasteiger partial charge on any atom is 0.222 e. The standard InChI is InChI=1S/C17H28ClN5O3S/c1-21(2)16-10-15(19-13-20-16)9-14-11-22(17(24)5-4-6-18)7-8-23(12-14)27(3,25)26/h10,13-14H,4-9,11-12H2,1-3H3. The summed E-state index contributed by atoms with van der Waals surface area (Å²) in [5.41, 5.74) is 0.835. The van der Waals surface area contributed by atoms with Gasteiger partial charge < -0.3 is 9.80 Å². The molecular weight excluding hydrogens is 390 g/mol. The summed E-state index contributed by atoms with van der Waals surface area (Å²) in [6, 6.07) is 1.90. The highest BCUT2D eigenvalue weighted by Gasteiger charge is 2.29. The zero-order valence-corrected chi connectivity index (χ0v) is 17.7. The Balaban J connectivity index is 2.18. The minimum absolute atomic E-state index is 0.0210. The second-order valence-electron chi connectivity index (χ2n) is 7.09. The van der Waals surface area contributed by atoms with Crippen LogP contribution in [-0.4, -0.2) is 85.9 Å². The first-order chi connectivity index (χ1) is 12.7. The van der Waals surface area contributed by atoms with E-state index in [1.165, 1.54) is 16.9 Å². The molecule has 1 atom stereocenters. The minimum atomic E-state index is -3.33. The molecule has 0 N–H and O–H groups in total. The summed E-state index contributed by atoms with van der Waals surface area (Å²) in [5.74, 6) is 1.22. The molecule has 0 aromatic carbocycles. The molecule has 0 saturated carbocycles. The Kier molecular flexibility index (Phi) is 7.81. The summed E-state index contributed by atoms with van der Waals surface area (Å²) in [4.78, 5) is 24.7. The molecule has 8 nitrogen and oxygen atoms in total. The van der Waals surface area contributed by atoms with E-state index >= 15 is 0 Å². The fourth-order valence-corrected chi connectivity index (χ4v) is 4.17. The molecule has 1 aliphatic heterocycles. The zero-order chi connectivity index (χ0) is 20.0. The van der Waals surface area contributed by atoms with Crippen molar-refractivity contribution >= 4 is 33.3 Å². The van der Waals surface area contributed by atoms with Gasteiger partial charge in [-0.05, 0) is 18.8 Å². The van der Waals surface area contributed by atoms with Crippen molar-refractivity contribution in [2.75, 3.05) is 57.3 Å². The fourth-order valence-electron chi connectivity index (χ4n) is 3.14. The van der Waals surface area contributed by atoms with E-state index in [1.54, 1.807) is 4.90 Å². The maximum atomic E-state index is 12.5. The van der Waals surface area contributed by atoms with Crippen LogP contribution in [0.2, 0.25) is 0 Å². The molecule has 0 radical (unpaired) electrons. The van der Waals surface area contributed by atoms with Gasteiger partial charge in [0.15, 0.2) is 0 Å². The average molecular weight is 418 g/mol. The molecule has 27 heavy (non-hydrogen) atoms. The van der Waals surface area contributed by atoms with Gasteiger partial charge in [0, 0.05) is 64.3 Å². The third-order valence-corrected chi connectivity index (χ3v) is 6.11. The number of amides is 1. The number of carbonyl (C=O) groups excluding carboxylic acids is 1. The number of nitrogens with zero attached hydrogens (tertiary/aromatic N) is 5. The molecule has 152 valence electrons. The van der Waals surface area contributed by atoms with Crippen LogP contribution in [0.15, 0.2) is 12.4 Å². The van der Waals surface area contributed by atoms with E-state index in [1.807, 2.05) is 25.1 Å². The molecule has 1 amide bonds. The van der Waals surface area contributed by atoms with E-state index in [0.717, 1.165) is 11.5 Å². The first-order valence-electron chi connectivity index (χ1n) is 8.97. The zero-order valence-electron chi connectivity index (χ0n) is 16.1. The second kappa shape index (κ2) is 9.66. The molecule has 0 bridgehead atoms. The Morgan fingerprint density at radius 2 is 2.04 bits per heavy atom.